The highest BCUT2D eigenvalue weighted by atomic mass is 32.2. The maximum Gasteiger partial charge on any atom is 0.244 e. The van der Waals surface area contributed by atoms with Crippen LogP contribution >= 0.6 is 0 Å². The van der Waals surface area contributed by atoms with Crippen molar-refractivity contribution in [2.45, 2.75) is 45.2 Å². The molecule has 1 atom stereocenters. The minimum Gasteiger partial charge on any atom is -0.325 e. The van der Waals surface area contributed by atoms with E-state index in [2.05, 4.69) is 4.98 Å². The average Bonchev–Trinajstić information content (AvgIpc) is 2.35. The first-order valence-corrected chi connectivity index (χ1v) is 7.67. The first-order chi connectivity index (χ1) is 8.60. The monoisotopic (exact) mass is 285 g/mol. The number of nitrogens with two attached hydrogens (primary N) is 1. The van der Waals surface area contributed by atoms with Gasteiger partial charge in [0.15, 0.2) is 0 Å². The largest absolute Gasteiger partial charge is 0.325 e. The molecule has 1 heterocycles. The third-order valence-corrected chi connectivity index (χ3v) is 5.39. The molecule has 6 heteroatoms. The number of sulfonamides is 1. The van der Waals surface area contributed by atoms with E-state index in [-0.39, 0.29) is 16.4 Å². The van der Waals surface area contributed by atoms with Crippen LogP contribution in [0.3, 0.4) is 0 Å². The third-order valence-electron chi connectivity index (χ3n) is 3.48. The summed E-state index contributed by atoms with van der Waals surface area (Å²) in [6.45, 7) is 8.24. The lowest BCUT2D eigenvalue weighted by atomic mass is 9.88. The number of nitrogens with zero attached hydrogens (tertiary/aromatic N) is 2. The Morgan fingerprint density at radius 2 is 1.95 bits per heavy atom. The van der Waals surface area contributed by atoms with E-state index in [1.54, 1.807) is 19.2 Å². The number of hydrogen-bond acceptors (Lipinski definition) is 4. The van der Waals surface area contributed by atoms with Gasteiger partial charge in [0, 0.05) is 25.8 Å². The summed E-state index contributed by atoms with van der Waals surface area (Å²) in [4.78, 5) is 4.23. The van der Waals surface area contributed by atoms with Gasteiger partial charge in [0.25, 0.3) is 0 Å². The second kappa shape index (κ2) is 5.56. The Hall–Kier alpha value is -0.980. The Kier molecular flexibility index (Phi) is 4.71. The zero-order valence-corrected chi connectivity index (χ0v) is 13.0. The van der Waals surface area contributed by atoms with Gasteiger partial charge in [-0.05, 0) is 24.5 Å². The highest BCUT2D eigenvalue weighted by molar-refractivity contribution is 7.89. The van der Waals surface area contributed by atoms with Crippen molar-refractivity contribution in [1.82, 2.24) is 9.29 Å². The molecular weight excluding hydrogens is 262 g/mol. The molecule has 19 heavy (non-hydrogen) atoms. The van der Waals surface area contributed by atoms with Gasteiger partial charge < -0.3 is 5.73 Å². The summed E-state index contributed by atoms with van der Waals surface area (Å²) in [5.41, 5.74) is 5.99. The highest BCUT2D eigenvalue weighted by Crippen LogP contribution is 2.27. The van der Waals surface area contributed by atoms with Crippen molar-refractivity contribution in [3.8, 4) is 0 Å². The van der Waals surface area contributed by atoms with Crippen molar-refractivity contribution in [2.24, 2.45) is 11.1 Å². The summed E-state index contributed by atoms with van der Waals surface area (Å²) < 4.78 is 26.3. The molecule has 0 aromatic carbocycles. The molecule has 108 valence electrons. The van der Waals surface area contributed by atoms with E-state index in [1.807, 2.05) is 27.7 Å². The van der Waals surface area contributed by atoms with E-state index in [4.69, 9.17) is 5.73 Å². The zero-order valence-electron chi connectivity index (χ0n) is 12.2. The number of hydrogen-bond donors (Lipinski definition) is 1. The third kappa shape index (κ3) is 3.52. The van der Waals surface area contributed by atoms with Gasteiger partial charge in [0.1, 0.15) is 4.90 Å². The molecule has 0 radical (unpaired) electrons. The molecular formula is C13H23N3O2S. The molecule has 1 rings (SSSR count). The lowest BCUT2D eigenvalue weighted by Crippen LogP contribution is -2.42. The maximum atomic E-state index is 12.5. The Bertz CT molecular complexity index is 518. The zero-order chi connectivity index (χ0) is 14.8. The fraction of sp³-hybridized carbons (Fsp3) is 0.615. The number of aromatic nitrogens is 1. The average molecular weight is 285 g/mol. The fourth-order valence-electron chi connectivity index (χ4n) is 1.60. The molecule has 0 bridgehead atoms. The van der Waals surface area contributed by atoms with Crippen LogP contribution in [0.25, 0.3) is 0 Å². The van der Waals surface area contributed by atoms with Gasteiger partial charge in [-0.1, -0.05) is 20.8 Å². The van der Waals surface area contributed by atoms with Gasteiger partial charge in [-0.3, -0.25) is 4.98 Å². The molecule has 0 fully saturated rings. The highest BCUT2D eigenvalue weighted by Gasteiger charge is 2.32. The minimum atomic E-state index is -3.52. The van der Waals surface area contributed by atoms with Crippen LogP contribution in [-0.2, 0) is 16.6 Å². The van der Waals surface area contributed by atoms with Crippen LogP contribution in [0.1, 0.15) is 33.4 Å². The normalized spacial score (nSPS) is 14.7. The summed E-state index contributed by atoms with van der Waals surface area (Å²) in [7, 11) is -1.92. The van der Waals surface area contributed by atoms with E-state index < -0.39 is 10.0 Å². The van der Waals surface area contributed by atoms with Crippen LogP contribution in [0.5, 0.6) is 0 Å². The number of rotatable bonds is 4. The maximum absolute atomic E-state index is 12.5. The minimum absolute atomic E-state index is 0.119. The summed E-state index contributed by atoms with van der Waals surface area (Å²) in [6, 6.07) is 3.07. The summed E-state index contributed by atoms with van der Waals surface area (Å²) in [5.74, 6) is 0. The van der Waals surface area contributed by atoms with Crippen LogP contribution in [0.4, 0.5) is 0 Å². The van der Waals surface area contributed by atoms with Crippen molar-refractivity contribution < 1.29 is 8.42 Å². The van der Waals surface area contributed by atoms with Crippen molar-refractivity contribution in [3.63, 3.8) is 0 Å². The lowest BCUT2D eigenvalue weighted by Gasteiger charge is -2.34. The lowest BCUT2D eigenvalue weighted by molar-refractivity contribution is 0.216. The van der Waals surface area contributed by atoms with Crippen molar-refractivity contribution >= 4 is 10.0 Å². The Labute approximate surface area is 115 Å². The Balaban J connectivity index is 3.09. The van der Waals surface area contributed by atoms with E-state index in [0.717, 1.165) is 0 Å². The molecule has 0 aliphatic carbocycles. The molecule has 1 aromatic heterocycles. The summed E-state index contributed by atoms with van der Waals surface area (Å²) in [5, 5.41) is 0. The fourth-order valence-corrected chi connectivity index (χ4v) is 3.10. The topological polar surface area (TPSA) is 76.3 Å². The Morgan fingerprint density at radius 1 is 1.37 bits per heavy atom. The van der Waals surface area contributed by atoms with Crippen LogP contribution in [-0.4, -0.2) is 30.8 Å². The van der Waals surface area contributed by atoms with Gasteiger partial charge in [0.05, 0.1) is 5.69 Å². The Morgan fingerprint density at radius 3 is 2.32 bits per heavy atom. The molecule has 1 unspecified atom stereocenters. The molecule has 0 spiro atoms. The molecule has 5 nitrogen and oxygen atoms in total. The molecule has 0 amide bonds. The van der Waals surface area contributed by atoms with E-state index in [1.165, 1.54) is 10.5 Å². The van der Waals surface area contributed by atoms with E-state index in [0.29, 0.717) is 12.2 Å². The molecule has 0 aliphatic heterocycles. The van der Waals surface area contributed by atoms with Crippen LogP contribution < -0.4 is 5.73 Å². The first-order valence-electron chi connectivity index (χ1n) is 6.23. The molecule has 1 aromatic rings. The van der Waals surface area contributed by atoms with Crippen LogP contribution in [0, 0.1) is 5.41 Å². The van der Waals surface area contributed by atoms with Gasteiger partial charge in [-0.2, -0.15) is 4.31 Å². The van der Waals surface area contributed by atoms with Gasteiger partial charge in [-0.15, -0.1) is 0 Å². The second-order valence-electron chi connectivity index (χ2n) is 5.75. The smallest absolute Gasteiger partial charge is 0.244 e. The predicted octanol–water partition coefficient (Wildman–Crippen LogP) is 1.60. The summed E-state index contributed by atoms with van der Waals surface area (Å²) >= 11 is 0. The van der Waals surface area contributed by atoms with Gasteiger partial charge >= 0.3 is 0 Å². The van der Waals surface area contributed by atoms with Crippen molar-refractivity contribution in [2.75, 3.05) is 7.05 Å². The number of pyridine rings is 1. The SMILES string of the molecule is CC(N(C)S(=O)(=O)c1ccc(CN)nc1)C(C)(C)C. The van der Waals surface area contributed by atoms with Gasteiger partial charge in [0.2, 0.25) is 10.0 Å². The predicted molar refractivity (Wildman–Crippen MR) is 76.0 cm³/mol. The van der Waals surface area contributed by atoms with E-state index in [9.17, 15) is 8.42 Å². The van der Waals surface area contributed by atoms with Crippen LogP contribution in [0.2, 0.25) is 0 Å². The molecule has 0 aliphatic rings. The first kappa shape index (κ1) is 16.1. The molecule has 0 saturated heterocycles. The molecule has 2 N–H and O–H groups in total. The van der Waals surface area contributed by atoms with E-state index >= 15 is 0 Å². The molecule has 0 saturated carbocycles. The summed E-state index contributed by atoms with van der Waals surface area (Å²) in [6.07, 6.45) is 1.36. The van der Waals surface area contributed by atoms with Crippen LogP contribution in [0.15, 0.2) is 23.2 Å². The second-order valence-corrected chi connectivity index (χ2v) is 7.75. The quantitative estimate of drug-likeness (QED) is 0.911. The standard InChI is InChI=1S/C13H23N3O2S/c1-10(13(2,3)4)16(5)19(17,18)12-7-6-11(8-14)15-9-12/h6-7,9-10H,8,14H2,1-5H3. The van der Waals surface area contributed by atoms with Gasteiger partial charge in [-0.25, -0.2) is 8.42 Å². The van der Waals surface area contributed by atoms with Crippen molar-refractivity contribution in [3.05, 3.63) is 24.0 Å². The van der Waals surface area contributed by atoms with Crippen molar-refractivity contribution in [1.29, 1.82) is 0 Å².